The Bertz CT molecular complexity index is 411. The number of nitrogens with one attached hydrogen (secondary N) is 1. The molecule has 0 fully saturated rings. The van der Waals surface area contributed by atoms with Gasteiger partial charge in [0.25, 0.3) is 0 Å². The number of thiophene rings is 1. The van der Waals surface area contributed by atoms with Gasteiger partial charge in [-0.1, -0.05) is 18.2 Å². The van der Waals surface area contributed by atoms with Gasteiger partial charge in [0, 0.05) is 22.9 Å². The minimum absolute atomic E-state index is 0. The quantitative estimate of drug-likeness (QED) is 0.827. The molecule has 17 heavy (non-hydrogen) atoms. The highest BCUT2D eigenvalue weighted by atomic mass is 35.5. The molecule has 0 unspecified atom stereocenters. The molecule has 4 heteroatoms. The van der Waals surface area contributed by atoms with Crippen molar-refractivity contribution in [2.45, 2.75) is 18.0 Å². The number of benzene rings is 1. The Morgan fingerprint density at radius 2 is 1.88 bits per heavy atom. The lowest BCUT2D eigenvalue weighted by Gasteiger charge is -2.04. The molecule has 0 saturated heterocycles. The van der Waals surface area contributed by atoms with Gasteiger partial charge in [-0.2, -0.15) is 0 Å². The Morgan fingerprint density at radius 3 is 2.47 bits per heavy atom. The van der Waals surface area contributed by atoms with Crippen LogP contribution in [0.5, 0.6) is 0 Å². The minimum atomic E-state index is 0. The predicted octanol–water partition coefficient (Wildman–Crippen LogP) is 4.18. The van der Waals surface area contributed by atoms with Crippen molar-refractivity contribution in [2.24, 2.45) is 0 Å². The Labute approximate surface area is 117 Å². The summed E-state index contributed by atoms with van der Waals surface area (Å²) in [6.07, 6.45) is 2.10. The van der Waals surface area contributed by atoms with Gasteiger partial charge in [0.2, 0.25) is 0 Å². The number of halogens is 1. The molecular formula is C13H16ClNS2. The maximum absolute atomic E-state index is 3.45. The molecule has 1 N–H and O–H groups in total. The number of hydrogen-bond donors (Lipinski definition) is 1. The largest absolute Gasteiger partial charge is 0.308 e. The van der Waals surface area contributed by atoms with Crippen LogP contribution in [0.25, 0.3) is 0 Å². The molecule has 0 aliphatic rings. The second-order valence-electron chi connectivity index (χ2n) is 3.53. The molecule has 92 valence electrons. The molecule has 2 aromatic rings. The zero-order valence-electron chi connectivity index (χ0n) is 9.68. The summed E-state index contributed by atoms with van der Waals surface area (Å²) in [6, 6.07) is 13.0. The molecule has 1 heterocycles. The first kappa shape index (κ1) is 14.6. The zero-order chi connectivity index (χ0) is 11.2. The standard InChI is InChI=1S/C13H15NS2.ClH/c1-15-12-6-4-11(5-7-12)9-14-10-13-3-2-8-16-13;/h2-8,14H,9-10H2,1H3;1H. The van der Waals surface area contributed by atoms with Crippen LogP contribution in [0.4, 0.5) is 0 Å². The first-order valence-corrected chi connectivity index (χ1v) is 7.35. The summed E-state index contributed by atoms with van der Waals surface area (Å²) >= 11 is 3.58. The monoisotopic (exact) mass is 285 g/mol. The second kappa shape index (κ2) is 7.77. The SMILES string of the molecule is CSc1ccc(CNCc2cccs2)cc1.Cl. The fourth-order valence-corrected chi connectivity index (χ4v) is 2.57. The van der Waals surface area contributed by atoms with E-state index in [1.54, 1.807) is 23.1 Å². The summed E-state index contributed by atoms with van der Waals surface area (Å²) < 4.78 is 0. The molecule has 0 atom stereocenters. The van der Waals surface area contributed by atoms with Crippen molar-refractivity contribution in [3.05, 3.63) is 52.2 Å². The lowest BCUT2D eigenvalue weighted by atomic mass is 10.2. The summed E-state index contributed by atoms with van der Waals surface area (Å²) in [6.45, 7) is 1.90. The van der Waals surface area contributed by atoms with Crippen LogP contribution in [0.2, 0.25) is 0 Å². The van der Waals surface area contributed by atoms with Crippen molar-refractivity contribution < 1.29 is 0 Å². The maximum Gasteiger partial charge on any atom is 0.0302 e. The van der Waals surface area contributed by atoms with Crippen LogP contribution >= 0.6 is 35.5 Å². The molecule has 0 aliphatic carbocycles. The van der Waals surface area contributed by atoms with E-state index < -0.39 is 0 Å². The summed E-state index contributed by atoms with van der Waals surface area (Å²) in [5, 5.41) is 5.56. The van der Waals surface area contributed by atoms with Crippen LogP contribution in [0, 0.1) is 0 Å². The molecule has 0 radical (unpaired) electrons. The topological polar surface area (TPSA) is 12.0 Å². The molecule has 1 nitrogen and oxygen atoms in total. The van der Waals surface area contributed by atoms with Crippen LogP contribution < -0.4 is 5.32 Å². The third-order valence-electron chi connectivity index (χ3n) is 2.37. The van der Waals surface area contributed by atoms with Crippen LogP contribution in [0.15, 0.2) is 46.7 Å². The van der Waals surface area contributed by atoms with E-state index in [0.717, 1.165) is 13.1 Å². The highest BCUT2D eigenvalue weighted by molar-refractivity contribution is 7.98. The summed E-state index contributed by atoms with van der Waals surface area (Å²) in [4.78, 5) is 2.71. The van der Waals surface area contributed by atoms with Gasteiger partial charge in [-0.05, 0) is 35.4 Å². The Morgan fingerprint density at radius 1 is 1.12 bits per heavy atom. The summed E-state index contributed by atoms with van der Waals surface area (Å²) in [7, 11) is 0. The van der Waals surface area contributed by atoms with Gasteiger partial charge >= 0.3 is 0 Å². The maximum atomic E-state index is 3.45. The normalized spacial score (nSPS) is 9.94. The van der Waals surface area contributed by atoms with Gasteiger partial charge < -0.3 is 5.32 Å². The Hall–Kier alpha value is -0.480. The van der Waals surface area contributed by atoms with E-state index >= 15 is 0 Å². The van der Waals surface area contributed by atoms with Crippen molar-refractivity contribution in [1.82, 2.24) is 5.32 Å². The van der Waals surface area contributed by atoms with Crippen LogP contribution in [0.3, 0.4) is 0 Å². The van der Waals surface area contributed by atoms with Gasteiger partial charge in [0.05, 0.1) is 0 Å². The van der Waals surface area contributed by atoms with E-state index in [-0.39, 0.29) is 12.4 Å². The van der Waals surface area contributed by atoms with E-state index in [0.29, 0.717) is 0 Å². The van der Waals surface area contributed by atoms with E-state index in [1.165, 1.54) is 15.3 Å². The molecule has 2 rings (SSSR count). The van der Waals surface area contributed by atoms with Gasteiger partial charge in [-0.3, -0.25) is 0 Å². The van der Waals surface area contributed by atoms with Crippen molar-refractivity contribution in [2.75, 3.05) is 6.26 Å². The van der Waals surface area contributed by atoms with E-state index in [4.69, 9.17) is 0 Å². The molecular weight excluding hydrogens is 270 g/mol. The summed E-state index contributed by atoms with van der Waals surface area (Å²) in [5.74, 6) is 0. The molecule has 0 spiro atoms. The minimum Gasteiger partial charge on any atom is -0.308 e. The molecule has 1 aromatic heterocycles. The Balaban J connectivity index is 0.00000144. The zero-order valence-corrected chi connectivity index (χ0v) is 12.1. The van der Waals surface area contributed by atoms with Crippen molar-refractivity contribution >= 4 is 35.5 Å². The highest BCUT2D eigenvalue weighted by Gasteiger charge is 1.95. The lowest BCUT2D eigenvalue weighted by Crippen LogP contribution is -2.11. The highest BCUT2D eigenvalue weighted by Crippen LogP contribution is 2.15. The first-order valence-electron chi connectivity index (χ1n) is 5.24. The second-order valence-corrected chi connectivity index (χ2v) is 5.44. The third kappa shape index (κ3) is 4.72. The average molecular weight is 286 g/mol. The van der Waals surface area contributed by atoms with E-state index in [1.807, 2.05) is 0 Å². The molecule has 0 aliphatic heterocycles. The first-order chi connectivity index (χ1) is 7.88. The molecule has 0 saturated carbocycles. The van der Waals surface area contributed by atoms with Crippen molar-refractivity contribution in [3.8, 4) is 0 Å². The molecule has 1 aromatic carbocycles. The predicted molar refractivity (Wildman–Crippen MR) is 80.3 cm³/mol. The fourth-order valence-electron chi connectivity index (χ4n) is 1.49. The average Bonchev–Trinajstić information content (AvgIpc) is 2.83. The number of rotatable bonds is 5. The van der Waals surface area contributed by atoms with Crippen LogP contribution in [0.1, 0.15) is 10.4 Å². The van der Waals surface area contributed by atoms with Crippen molar-refractivity contribution in [1.29, 1.82) is 0 Å². The van der Waals surface area contributed by atoms with Gasteiger partial charge in [0.15, 0.2) is 0 Å². The van der Waals surface area contributed by atoms with Crippen LogP contribution in [-0.2, 0) is 13.1 Å². The van der Waals surface area contributed by atoms with Gasteiger partial charge in [-0.15, -0.1) is 35.5 Å². The van der Waals surface area contributed by atoms with Gasteiger partial charge in [0.1, 0.15) is 0 Å². The van der Waals surface area contributed by atoms with Gasteiger partial charge in [-0.25, -0.2) is 0 Å². The smallest absolute Gasteiger partial charge is 0.0302 e. The third-order valence-corrected chi connectivity index (χ3v) is 3.99. The number of thioether (sulfide) groups is 1. The van der Waals surface area contributed by atoms with Crippen LogP contribution in [-0.4, -0.2) is 6.26 Å². The van der Waals surface area contributed by atoms with Crippen molar-refractivity contribution in [3.63, 3.8) is 0 Å². The lowest BCUT2D eigenvalue weighted by molar-refractivity contribution is 0.700. The Kier molecular flexibility index (Phi) is 6.66. The fraction of sp³-hybridized carbons (Fsp3) is 0.231. The van der Waals surface area contributed by atoms with E-state index in [9.17, 15) is 0 Å². The summed E-state index contributed by atoms with van der Waals surface area (Å²) in [5.41, 5.74) is 1.34. The van der Waals surface area contributed by atoms with E-state index in [2.05, 4.69) is 53.4 Å². The molecule has 0 bridgehead atoms. The number of hydrogen-bond acceptors (Lipinski definition) is 3. The molecule has 0 amide bonds.